The largest absolute Gasteiger partial charge is 0.311 e. The molecular weight excluding hydrogens is 1450 g/mol. The molecule has 0 bridgehead atoms. The van der Waals surface area contributed by atoms with E-state index in [2.05, 4.69) is 442 Å². The van der Waals surface area contributed by atoms with Gasteiger partial charge in [0.2, 0.25) is 0 Å². The van der Waals surface area contributed by atoms with Crippen LogP contribution in [0.25, 0.3) is 94.3 Å². The maximum atomic E-state index is 2.81. The number of rotatable bonds is 5. The lowest BCUT2D eigenvalue weighted by Gasteiger charge is -2.46. The fourth-order valence-electron chi connectivity index (χ4n) is 22.2. The molecule has 16 aromatic rings. The lowest BCUT2D eigenvalue weighted by atomic mass is 9.33. The fourth-order valence-corrected chi connectivity index (χ4v) is 22.2. The normalized spacial score (nSPS) is 14.8. The molecule has 15 aromatic carbocycles. The van der Waals surface area contributed by atoms with Crippen molar-refractivity contribution in [2.24, 2.45) is 0 Å². The molecule has 0 atom stereocenters. The Morgan fingerprint density at radius 1 is 0.225 bits per heavy atom. The summed E-state index contributed by atoms with van der Waals surface area (Å²) in [7, 11) is 0. The van der Waals surface area contributed by atoms with Gasteiger partial charge in [0.15, 0.2) is 0 Å². The Morgan fingerprint density at radius 3 is 0.825 bits per heavy atom. The van der Waals surface area contributed by atoms with Gasteiger partial charge < -0.3 is 14.4 Å². The van der Waals surface area contributed by atoms with Crippen LogP contribution in [0, 0.1) is 0 Å². The first kappa shape index (κ1) is 74.1. The standard InChI is InChI=1S/C116H104BN3/c1-109(2,3)73-51-55-98-88(65-73)89-66-74(110(4,5)6)52-56-99(89)118(98)79-67-104-108-105(68-79)120(101-48-32-40-87-85-38-24-30-46-95(85)116(107(87)101)92-43-27-21-35-82(92)83-36-22-28-44-93(83)116)103-62-70(72-59-77(113(13,14)15)64-78(60-72)114(16,17)18)50-54-97(103)117(108)96-53-49-69(71-57-75(111(7,8)9)63-76(58-71)112(10,11)12)61-102(96)119(104)100-47-31-39-86-84-37-23-29-45-94(84)115(106(86)100)90-41-25-19-33-80(90)81-34-20-26-42-91(81)115/h19-68H,1-18H3. The number of aromatic nitrogens is 1. The smallest absolute Gasteiger partial charge is 0.252 e. The van der Waals surface area contributed by atoms with Crippen molar-refractivity contribution in [3.63, 3.8) is 0 Å². The topological polar surface area (TPSA) is 11.4 Å². The van der Waals surface area contributed by atoms with Crippen LogP contribution in [0.15, 0.2) is 303 Å². The van der Waals surface area contributed by atoms with Gasteiger partial charge in [-0.15, -0.1) is 0 Å². The first-order valence-corrected chi connectivity index (χ1v) is 43.7. The van der Waals surface area contributed by atoms with Crippen LogP contribution < -0.4 is 26.2 Å². The molecule has 586 valence electrons. The summed E-state index contributed by atoms with van der Waals surface area (Å²) in [5, 5.41) is 2.51. The van der Waals surface area contributed by atoms with Crippen LogP contribution in [0.5, 0.6) is 0 Å². The van der Waals surface area contributed by atoms with Crippen molar-refractivity contribution in [2.45, 2.75) is 168 Å². The second-order valence-electron chi connectivity index (χ2n) is 41.6. The molecule has 22 rings (SSSR count). The molecule has 4 aliphatic carbocycles. The maximum absolute atomic E-state index is 2.81. The predicted octanol–water partition coefficient (Wildman–Crippen LogP) is 28.7. The highest BCUT2D eigenvalue weighted by Crippen LogP contribution is 2.69. The van der Waals surface area contributed by atoms with Gasteiger partial charge in [0.25, 0.3) is 6.71 Å². The van der Waals surface area contributed by atoms with Crippen molar-refractivity contribution >= 4 is 79.0 Å². The van der Waals surface area contributed by atoms with Gasteiger partial charge in [-0.1, -0.05) is 367 Å². The summed E-state index contributed by atoms with van der Waals surface area (Å²) >= 11 is 0. The van der Waals surface area contributed by atoms with Gasteiger partial charge >= 0.3 is 0 Å². The van der Waals surface area contributed by atoms with Crippen molar-refractivity contribution in [1.82, 2.24) is 4.57 Å². The van der Waals surface area contributed by atoms with Gasteiger partial charge in [-0.3, -0.25) is 0 Å². The quantitative estimate of drug-likeness (QED) is 0.159. The molecule has 0 amide bonds. The molecule has 3 heterocycles. The molecule has 0 fully saturated rings. The van der Waals surface area contributed by atoms with Crippen molar-refractivity contribution in [1.29, 1.82) is 0 Å². The highest BCUT2D eigenvalue weighted by atomic mass is 15.2. The van der Waals surface area contributed by atoms with Crippen LogP contribution >= 0.6 is 0 Å². The Bertz CT molecular complexity index is 6520. The highest BCUT2D eigenvalue weighted by Gasteiger charge is 2.57. The van der Waals surface area contributed by atoms with Crippen molar-refractivity contribution in [2.75, 3.05) is 9.80 Å². The second-order valence-corrected chi connectivity index (χ2v) is 41.6. The Morgan fingerprint density at radius 2 is 0.517 bits per heavy atom. The van der Waals surface area contributed by atoms with Crippen LogP contribution in [0.1, 0.15) is 203 Å². The molecule has 6 aliphatic rings. The third-order valence-electron chi connectivity index (χ3n) is 28.3. The minimum Gasteiger partial charge on any atom is -0.311 e. The zero-order valence-electron chi connectivity index (χ0n) is 72.8. The van der Waals surface area contributed by atoms with E-state index in [-0.39, 0.29) is 39.2 Å². The Hall–Kier alpha value is -12.2. The molecule has 3 nitrogen and oxygen atoms in total. The van der Waals surface area contributed by atoms with Crippen LogP contribution in [-0.4, -0.2) is 11.3 Å². The van der Waals surface area contributed by atoms with Crippen LogP contribution in [0.2, 0.25) is 0 Å². The molecule has 0 saturated heterocycles. The van der Waals surface area contributed by atoms with Gasteiger partial charge in [0, 0.05) is 44.6 Å². The summed E-state index contributed by atoms with van der Waals surface area (Å²) < 4.78 is 2.66. The van der Waals surface area contributed by atoms with Gasteiger partial charge in [-0.25, -0.2) is 0 Å². The highest BCUT2D eigenvalue weighted by molar-refractivity contribution is 7.00. The number of nitrogens with zero attached hydrogens (tertiary/aromatic N) is 3. The van der Waals surface area contributed by atoms with E-state index in [4.69, 9.17) is 0 Å². The molecular formula is C116H104BN3. The number of hydrogen-bond donors (Lipinski definition) is 0. The average molecular weight is 1550 g/mol. The van der Waals surface area contributed by atoms with Gasteiger partial charge in [0.1, 0.15) is 0 Å². The summed E-state index contributed by atoms with van der Waals surface area (Å²) in [6.07, 6.45) is 0. The summed E-state index contributed by atoms with van der Waals surface area (Å²) in [5.41, 5.74) is 45.5. The van der Waals surface area contributed by atoms with E-state index < -0.39 is 10.8 Å². The van der Waals surface area contributed by atoms with Crippen LogP contribution in [0.4, 0.5) is 34.1 Å². The van der Waals surface area contributed by atoms with E-state index in [9.17, 15) is 0 Å². The van der Waals surface area contributed by atoms with E-state index in [0.29, 0.717) is 0 Å². The summed E-state index contributed by atoms with van der Waals surface area (Å²) in [5.74, 6) is 0. The average Bonchev–Trinajstić information content (AvgIpc) is 1.49. The lowest BCUT2D eigenvalue weighted by Crippen LogP contribution is -2.61. The third-order valence-corrected chi connectivity index (χ3v) is 28.3. The van der Waals surface area contributed by atoms with Gasteiger partial charge in [-0.05, 0) is 243 Å². The predicted molar refractivity (Wildman–Crippen MR) is 510 cm³/mol. The Labute approximate surface area is 710 Å². The molecule has 0 radical (unpaired) electrons. The number of hydrogen-bond acceptors (Lipinski definition) is 2. The first-order chi connectivity index (χ1) is 57.3. The zero-order chi connectivity index (χ0) is 82.8. The van der Waals surface area contributed by atoms with Crippen molar-refractivity contribution < 1.29 is 0 Å². The summed E-state index contributed by atoms with van der Waals surface area (Å²) in [6.45, 7) is 42.4. The van der Waals surface area contributed by atoms with Crippen LogP contribution in [0.3, 0.4) is 0 Å². The second kappa shape index (κ2) is 25.2. The van der Waals surface area contributed by atoms with E-state index in [1.54, 1.807) is 0 Å². The number of fused-ring (bicyclic) bond motifs is 27. The molecule has 0 saturated carbocycles. The van der Waals surface area contributed by atoms with E-state index in [1.807, 2.05) is 0 Å². The first-order valence-electron chi connectivity index (χ1n) is 43.7. The molecule has 2 spiro atoms. The van der Waals surface area contributed by atoms with Crippen LogP contribution in [-0.2, 0) is 43.3 Å². The number of benzene rings is 15. The van der Waals surface area contributed by atoms with E-state index >= 15 is 0 Å². The minimum atomic E-state index is -0.707. The fraction of sp³-hybridized carbons (Fsp3) is 0.224. The molecule has 2 aliphatic heterocycles. The lowest BCUT2D eigenvalue weighted by molar-refractivity contribution is 0.568. The van der Waals surface area contributed by atoms with E-state index in [0.717, 1.165) is 28.4 Å². The minimum absolute atomic E-state index is 0.111. The molecule has 0 N–H and O–H groups in total. The summed E-state index contributed by atoms with van der Waals surface area (Å²) in [6, 6.07) is 121. The molecule has 120 heavy (non-hydrogen) atoms. The van der Waals surface area contributed by atoms with Gasteiger partial charge in [-0.2, -0.15) is 0 Å². The van der Waals surface area contributed by atoms with Crippen molar-refractivity contribution in [3.05, 3.63) is 381 Å². The molecule has 4 heteroatoms. The Balaban J connectivity index is 0.939. The van der Waals surface area contributed by atoms with Gasteiger partial charge in [0.05, 0.1) is 38.9 Å². The maximum Gasteiger partial charge on any atom is 0.252 e. The Kier molecular flexibility index (Phi) is 15.5. The number of anilines is 6. The zero-order valence-corrected chi connectivity index (χ0v) is 72.8. The van der Waals surface area contributed by atoms with Crippen molar-refractivity contribution in [3.8, 4) is 72.4 Å². The summed E-state index contributed by atoms with van der Waals surface area (Å²) in [4.78, 5) is 5.63. The van der Waals surface area contributed by atoms with E-state index in [1.165, 1.54) is 194 Å². The molecule has 1 aromatic heterocycles. The third kappa shape index (κ3) is 10.4. The molecule has 0 unspecified atom stereocenters. The monoisotopic (exact) mass is 1550 g/mol. The SMILES string of the molecule is CC(C)(C)c1cc(-c2ccc3c(c2)N(c2cccc4c2C2(c5ccccc5-c5ccccc52)c2ccccc2-4)c2cc(-n4c5ccc(C(C)(C)C)cc5c5cc(C(C)(C)C)ccc54)cc4c2B3c2ccc(-c3cc(C(C)(C)C)cc(C(C)(C)C)c3)cc2N4c2cccc3c2C2(c4ccccc4-c4ccccc42)c2ccccc2-3)cc(C(C)(C)C)c1.